The largest absolute Gasteiger partial charge is 0.455 e. The zero-order valence-electron chi connectivity index (χ0n) is 16.3. The molecule has 4 rings (SSSR count). The molecule has 0 radical (unpaired) electrons. The summed E-state index contributed by atoms with van der Waals surface area (Å²) in [6.07, 6.45) is 1.41. The summed E-state index contributed by atoms with van der Waals surface area (Å²) in [6, 6.07) is 16.3. The van der Waals surface area contributed by atoms with E-state index in [2.05, 4.69) is 25.9 Å². The summed E-state index contributed by atoms with van der Waals surface area (Å²) in [6.45, 7) is 1.77. The van der Waals surface area contributed by atoms with Crippen LogP contribution < -0.4 is 5.43 Å². The highest BCUT2D eigenvalue weighted by Gasteiger charge is 2.12. The zero-order chi connectivity index (χ0) is 21.8. The van der Waals surface area contributed by atoms with Crippen molar-refractivity contribution in [2.75, 3.05) is 0 Å². The summed E-state index contributed by atoms with van der Waals surface area (Å²) in [7, 11) is 0. The van der Waals surface area contributed by atoms with Crippen LogP contribution in [0, 0.1) is 6.92 Å². The lowest BCUT2D eigenvalue weighted by atomic mass is 10.1. The molecule has 0 saturated carbocycles. The van der Waals surface area contributed by atoms with Gasteiger partial charge < -0.3 is 4.42 Å². The second kappa shape index (κ2) is 9.11. The molecule has 0 aliphatic rings. The number of furan rings is 1. The van der Waals surface area contributed by atoms with Gasteiger partial charge >= 0.3 is 0 Å². The van der Waals surface area contributed by atoms with E-state index in [0.717, 1.165) is 15.9 Å². The Morgan fingerprint density at radius 1 is 1.10 bits per heavy atom. The third-order valence-corrected chi connectivity index (χ3v) is 5.13. The van der Waals surface area contributed by atoms with Crippen LogP contribution in [0.15, 0.2) is 64.1 Å². The van der Waals surface area contributed by atoms with Crippen LogP contribution in [0.5, 0.6) is 0 Å². The van der Waals surface area contributed by atoms with E-state index in [9.17, 15) is 4.79 Å². The van der Waals surface area contributed by atoms with Gasteiger partial charge in [-0.25, -0.2) is 5.43 Å². The second-order valence-corrected chi connectivity index (χ2v) is 7.35. The molecule has 0 bridgehead atoms. The maximum atomic E-state index is 12.1. The summed E-state index contributed by atoms with van der Waals surface area (Å²) in [4.78, 5) is 13.3. The number of halogens is 2. The van der Waals surface area contributed by atoms with Gasteiger partial charge in [-0.2, -0.15) is 9.90 Å². The molecule has 2 aromatic heterocycles. The molecule has 2 aromatic carbocycles. The van der Waals surface area contributed by atoms with Crippen molar-refractivity contribution in [2.24, 2.45) is 5.10 Å². The van der Waals surface area contributed by atoms with Crippen LogP contribution >= 0.6 is 23.2 Å². The predicted octanol–water partition coefficient (Wildman–Crippen LogP) is 4.37. The van der Waals surface area contributed by atoms with Crippen molar-refractivity contribution < 1.29 is 9.21 Å². The van der Waals surface area contributed by atoms with E-state index in [-0.39, 0.29) is 6.54 Å². The number of benzene rings is 2. The second-order valence-electron chi connectivity index (χ2n) is 6.53. The molecule has 1 N–H and O–H groups in total. The van der Waals surface area contributed by atoms with E-state index in [1.807, 2.05) is 37.3 Å². The maximum Gasteiger partial charge on any atom is 0.263 e. The van der Waals surface area contributed by atoms with Crippen molar-refractivity contribution in [1.82, 2.24) is 25.6 Å². The average molecular weight is 455 g/mol. The lowest BCUT2D eigenvalue weighted by molar-refractivity contribution is -0.122. The van der Waals surface area contributed by atoms with Gasteiger partial charge in [-0.3, -0.25) is 4.79 Å². The number of carbonyl (C=O) groups excluding carboxylic acids is 1. The molecule has 4 aromatic rings. The Kier molecular flexibility index (Phi) is 6.11. The molecule has 0 unspecified atom stereocenters. The lowest BCUT2D eigenvalue weighted by Crippen LogP contribution is -2.24. The number of amides is 1. The van der Waals surface area contributed by atoms with Crippen LogP contribution in [-0.2, 0) is 11.3 Å². The van der Waals surface area contributed by atoms with Gasteiger partial charge in [-0.15, -0.1) is 10.2 Å². The van der Waals surface area contributed by atoms with Crippen LogP contribution in [-0.4, -0.2) is 32.3 Å². The summed E-state index contributed by atoms with van der Waals surface area (Å²) in [5, 5.41) is 17.0. The highest BCUT2D eigenvalue weighted by Crippen LogP contribution is 2.29. The molecule has 0 spiro atoms. The van der Waals surface area contributed by atoms with E-state index < -0.39 is 5.91 Å². The third kappa shape index (κ3) is 4.82. The quantitative estimate of drug-likeness (QED) is 0.344. The number of nitrogens with zero attached hydrogens (tertiary/aromatic N) is 5. The molecule has 2 heterocycles. The minimum Gasteiger partial charge on any atom is -0.455 e. The van der Waals surface area contributed by atoms with Gasteiger partial charge in [-0.05, 0) is 48.0 Å². The van der Waals surface area contributed by atoms with Crippen LogP contribution in [0.1, 0.15) is 11.3 Å². The van der Waals surface area contributed by atoms with Crippen molar-refractivity contribution in [3.8, 4) is 22.7 Å². The van der Waals surface area contributed by atoms with Gasteiger partial charge in [-0.1, -0.05) is 47.5 Å². The Morgan fingerprint density at radius 3 is 2.71 bits per heavy atom. The molecular weight excluding hydrogens is 439 g/mol. The predicted molar refractivity (Wildman–Crippen MR) is 118 cm³/mol. The van der Waals surface area contributed by atoms with Gasteiger partial charge in [0.2, 0.25) is 5.82 Å². The van der Waals surface area contributed by atoms with Gasteiger partial charge in [0.1, 0.15) is 18.1 Å². The number of rotatable bonds is 6. The Morgan fingerprint density at radius 2 is 1.87 bits per heavy atom. The fourth-order valence-corrected chi connectivity index (χ4v) is 3.23. The molecule has 156 valence electrons. The fraction of sp³-hybridized carbons (Fsp3) is 0.0952. The molecule has 0 aliphatic carbocycles. The molecular formula is C21H16Cl2N6O2. The summed E-state index contributed by atoms with van der Waals surface area (Å²) in [5.74, 6) is 1.06. The molecule has 0 aliphatic heterocycles. The topological polar surface area (TPSA) is 98.2 Å². The van der Waals surface area contributed by atoms with E-state index >= 15 is 0 Å². The van der Waals surface area contributed by atoms with Crippen LogP contribution in [0.25, 0.3) is 22.7 Å². The fourth-order valence-electron chi connectivity index (χ4n) is 2.83. The third-order valence-electron chi connectivity index (χ3n) is 4.39. The normalized spacial score (nSPS) is 11.2. The number of aromatic nitrogens is 4. The minimum absolute atomic E-state index is 0.153. The standard InChI is InChI=1S/C21H16Cl2N6O2/c1-13-15(6-4-8-17(13)22)19-10-9-14(31-19)11-24-25-20(30)12-29-27-21(26-28-29)16-5-2-3-7-18(16)23/h2-11H,12H2,1H3,(H,25,30)/b24-11-. The molecule has 31 heavy (non-hydrogen) atoms. The number of nitrogens with one attached hydrogen (secondary N) is 1. The van der Waals surface area contributed by atoms with Crippen LogP contribution in [0.4, 0.5) is 0 Å². The van der Waals surface area contributed by atoms with Gasteiger partial charge in [0.25, 0.3) is 5.91 Å². The number of tetrazole rings is 1. The first-order chi connectivity index (χ1) is 15.0. The molecule has 0 atom stereocenters. The van der Waals surface area contributed by atoms with Crippen molar-refractivity contribution in [3.63, 3.8) is 0 Å². The Hall–Kier alpha value is -3.49. The Labute approximate surface area is 187 Å². The summed E-state index contributed by atoms with van der Waals surface area (Å²) < 4.78 is 5.76. The number of hydrogen-bond acceptors (Lipinski definition) is 6. The van der Waals surface area contributed by atoms with Crippen molar-refractivity contribution in [3.05, 3.63) is 76.0 Å². The van der Waals surface area contributed by atoms with Crippen molar-refractivity contribution >= 4 is 35.3 Å². The van der Waals surface area contributed by atoms with Crippen molar-refractivity contribution in [1.29, 1.82) is 0 Å². The monoisotopic (exact) mass is 454 g/mol. The van der Waals surface area contributed by atoms with Gasteiger partial charge in [0, 0.05) is 16.1 Å². The first-order valence-corrected chi connectivity index (χ1v) is 9.97. The van der Waals surface area contributed by atoms with E-state index in [1.165, 1.54) is 6.21 Å². The van der Waals surface area contributed by atoms with Gasteiger partial charge in [0.15, 0.2) is 0 Å². The lowest BCUT2D eigenvalue weighted by Gasteiger charge is -2.03. The highest BCUT2D eigenvalue weighted by molar-refractivity contribution is 6.33. The average Bonchev–Trinajstić information content (AvgIpc) is 3.40. The molecule has 0 fully saturated rings. The molecule has 1 amide bonds. The Bertz CT molecular complexity index is 1260. The Balaban J connectivity index is 1.36. The maximum absolute atomic E-state index is 12.1. The zero-order valence-corrected chi connectivity index (χ0v) is 17.8. The summed E-state index contributed by atoms with van der Waals surface area (Å²) in [5.41, 5.74) is 4.86. The van der Waals surface area contributed by atoms with E-state index in [1.54, 1.807) is 24.3 Å². The first kappa shape index (κ1) is 20.8. The van der Waals surface area contributed by atoms with Crippen LogP contribution in [0.2, 0.25) is 10.0 Å². The molecule has 0 saturated heterocycles. The number of hydrogen-bond donors (Lipinski definition) is 1. The van der Waals surface area contributed by atoms with E-state index in [4.69, 9.17) is 27.6 Å². The molecule has 10 heteroatoms. The SMILES string of the molecule is Cc1c(Cl)cccc1-c1ccc(/C=N\NC(=O)Cn2nnc(-c3ccccc3Cl)n2)o1. The smallest absolute Gasteiger partial charge is 0.263 e. The molecule has 8 nitrogen and oxygen atoms in total. The first-order valence-electron chi connectivity index (χ1n) is 9.21. The highest BCUT2D eigenvalue weighted by atomic mass is 35.5. The minimum atomic E-state index is -0.420. The van der Waals surface area contributed by atoms with Crippen molar-refractivity contribution in [2.45, 2.75) is 13.5 Å². The summed E-state index contributed by atoms with van der Waals surface area (Å²) >= 11 is 12.3. The van der Waals surface area contributed by atoms with E-state index in [0.29, 0.717) is 33.0 Å². The number of carbonyl (C=O) groups is 1. The van der Waals surface area contributed by atoms with Crippen LogP contribution in [0.3, 0.4) is 0 Å². The van der Waals surface area contributed by atoms with Gasteiger partial charge in [0.05, 0.1) is 11.2 Å². The number of hydrazone groups is 1.